The number of amides is 2. The fraction of sp³-hybridized carbons (Fsp3) is 0.286. The molecule has 0 aliphatic heterocycles. The highest BCUT2D eigenvalue weighted by molar-refractivity contribution is 7.92. The Labute approximate surface area is 234 Å². The molecule has 7 nitrogen and oxygen atoms in total. The summed E-state index contributed by atoms with van der Waals surface area (Å²) >= 11 is 12.6. The summed E-state index contributed by atoms with van der Waals surface area (Å²) in [7, 11) is -4.23. The number of sulfonamides is 1. The summed E-state index contributed by atoms with van der Waals surface area (Å²) in [6.07, 6.45) is 0. The summed E-state index contributed by atoms with van der Waals surface area (Å²) in [6.45, 7) is 6.64. The van der Waals surface area contributed by atoms with Crippen molar-refractivity contribution in [3.63, 3.8) is 0 Å². The number of nitrogens with one attached hydrogen (secondary N) is 1. The van der Waals surface area contributed by atoms with Gasteiger partial charge in [-0.15, -0.1) is 0 Å². The van der Waals surface area contributed by atoms with Gasteiger partial charge in [-0.05, 0) is 57.5 Å². The van der Waals surface area contributed by atoms with E-state index in [4.69, 9.17) is 23.2 Å². The average molecular weight is 577 g/mol. The molecule has 1 atom stereocenters. The van der Waals surface area contributed by atoms with E-state index >= 15 is 0 Å². The van der Waals surface area contributed by atoms with Gasteiger partial charge >= 0.3 is 0 Å². The molecule has 3 rings (SSSR count). The maximum atomic E-state index is 13.9. The third-order valence-corrected chi connectivity index (χ3v) is 8.25. The van der Waals surface area contributed by atoms with E-state index in [1.54, 1.807) is 31.2 Å². The number of carbonyl (C=O) groups is 2. The molecule has 0 radical (unpaired) electrons. The number of rotatable bonds is 9. The Bertz CT molecular complexity index is 1380. The van der Waals surface area contributed by atoms with Crippen molar-refractivity contribution in [1.29, 1.82) is 0 Å². The van der Waals surface area contributed by atoms with Crippen LogP contribution in [0.15, 0.2) is 83.8 Å². The smallest absolute Gasteiger partial charge is 0.264 e. The number of anilines is 1. The molecule has 3 aromatic rings. The lowest BCUT2D eigenvalue weighted by Crippen LogP contribution is -2.54. The summed E-state index contributed by atoms with van der Waals surface area (Å²) in [6, 6.07) is 20.6. The molecule has 3 aromatic carbocycles. The van der Waals surface area contributed by atoms with Crippen molar-refractivity contribution in [2.45, 2.75) is 50.7 Å². The minimum atomic E-state index is -4.23. The molecule has 0 heterocycles. The lowest BCUT2D eigenvalue weighted by atomic mass is 10.1. The van der Waals surface area contributed by atoms with Gasteiger partial charge in [0.25, 0.3) is 10.0 Å². The highest BCUT2D eigenvalue weighted by atomic mass is 35.5. The van der Waals surface area contributed by atoms with Crippen LogP contribution < -0.4 is 9.62 Å². The number of hydrogen-bond acceptors (Lipinski definition) is 4. The molecule has 38 heavy (non-hydrogen) atoms. The van der Waals surface area contributed by atoms with E-state index < -0.39 is 34.1 Å². The second-order valence-corrected chi connectivity index (χ2v) is 12.5. The van der Waals surface area contributed by atoms with Gasteiger partial charge in [0.2, 0.25) is 11.8 Å². The van der Waals surface area contributed by atoms with E-state index in [2.05, 4.69) is 5.32 Å². The van der Waals surface area contributed by atoms with Gasteiger partial charge in [-0.1, -0.05) is 77.8 Å². The van der Waals surface area contributed by atoms with E-state index in [0.717, 1.165) is 9.87 Å². The summed E-state index contributed by atoms with van der Waals surface area (Å²) in [4.78, 5) is 28.3. The highest BCUT2D eigenvalue weighted by Gasteiger charge is 2.34. The Hall–Kier alpha value is -3.07. The lowest BCUT2D eigenvalue weighted by Gasteiger charge is -2.33. The fourth-order valence-corrected chi connectivity index (χ4v) is 5.65. The predicted octanol–water partition coefficient (Wildman–Crippen LogP) is 5.52. The van der Waals surface area contributed by atoms with Crippen LogP contribution in [-0.2, 0) is 26.2 Å². The Balaban J connectivity index is 2.06. The van der Waals surface area contributed by atoms with Crippen LogP contribution in [-0.4, -0.2) is 43.3 Å². The van der Waals surface area contributed by atoms with Gasteiger partial charge in [0.1, 0.15) is 12.6 Å². The van der Waals surface area contributed by atoms with Crippen molar-refractivity contribution in [3.05, 3.63) is 94.5 Å². The number of benzene rings is 3. The molecule has 0 saturated heterocycles. The average Bonchev–Trinajstić information content (AvgIpc) is 2.87. The zero-order chi connectivity index (χ0) is 28.1. The largest absolute Gasteiger partial charge is 0.350 e. The second-order valence-electron chi connectivity index (χ2n) is 9.82. The van der Waals surface area contributed by atoms with E-state index in [1.165, 1.54) is 29.2 Å². The van der Waals surface area contributed by atoms with E-state index in [0.29, 0.717) is 0 Å². The maximum absolute atomic E-state index is 13.9. The molecule has 1 unspecified atom stereocenters. The molecule has 1 N–H and O–H groups in total. The van der Waals surface area contributed by atoms with Crippen molar-refractivity contribution < 1.29 is 18.0 Å². The highest BCUT2D eigenvalue weighted by Crippen LogP contribution is 2.35. The standard InChI is InChI=1S/C28H31Cl2N3O4S/c1-20(27(35)31-28(2,3)4)32(18-21-12-7-5-8-13-21)25(34)19-33(24-17-11-16-23(29)26(24)30)38(36,37)22-14-9-6-10-15-22/h5-17,20H,18-19H2,1-4H3,(H,31,35). The second kappa shape index (κ2) is 12.2. The first-order valence-corrected chi connectivity index (χ1v) is 14.2. The first-order chi connectivity index (χ1) is 17.8. The zero-order valence-electron chi connectivity index (χ0n) is 21.7. The fourth-order valence-electron chi connectivity index (χ4n) is 3.75. The molecule has 0 fully saturated rings. The number of halogens is 2. The van der Waals surface area contributed by atoms with Gasteiger partial charge in [0.05, 0.1) is 20.6 Å². The van der Waals surface area contributed by atoms with Crippen LogP contribution >= 0.6 is 23.2 Å². The summed E-state index contributed by atoms with van der Waals surface area (Å²) in [5.41, 5.74) is 0.321. The van der Waals surface area contributed by atoms with Crippen molar-refractivity contribution in [2.24, 2.45) is 0 Å². The SMILES string of the molecule is CC(C(=O)NC(C)(C)C)N(Cc1ccccc1)C(=O)CN(c1cccc(Cl)c1Cl)S(=O)(=O)c1ccccc1. The van der Waals surface area contributed by atoms with Crippen LogP contribution in [0.3, 0.4) is 0 Å². The van der Waals surface area contributed by atoms with Crippen molar-refractivity contribution in [3.8, 4) is 0 Å². The molecule has 0 saturated carbocycles. The summed E-state index contributed by atoms with van der Waals surface area (Å²) in [5, 5.41) is 3.03. The number of carbonyl (C=O) groups excluding carboxylic acids is 2. The Kier molecular flexibility index (Phi) is 9.46. The summed E-state index contributed by atoms with van der Waals surface area (Å²) in [5.74, 6) is -0.944. The topological polar surface area (TPSA) is 86.8 Å². The van der Waals surface area contributed by atoms with Crippen LogP contribution in [0.25, 0.3) is 0 Å². The Morgan fingerprint density at radius 1 is 0.895 bits per heavy atom. The zero-order valence-corrected chi connectivity index (χ0v) is 24.0. The molecule has 0 bridgehead atoms. The molecule has 2 amide bonds. The number of hydrogen-bond donors (Lipinski definition) is 1. The Morgan fingerprint density at radius 3 is 2.05 bits per heavy atom. The molecule has 202 valence electrons. The van der Waals surface area contributed by atoms with E-state index in [-0.39, 0.29) is 33.1 Å². The van der Waals surface area contributed by atoms with Crippen LogP contribution in [0, 0.1) is 0 Å². The molecule has 0 aromatic heterocycles. The minimum absolute atomic E-state index is 0.00499. The van der Waals surface area contributed by atoms with Crippen molar-refractivity contribution in [2.75, 3.05) is 10.8 Å². The molecule has 10 heteroatoms. The monoisotopic (exact) mass is 575 g/mol. The first kappa shape index (κ1) is 29.5. The van der Waals surface area contributed by atoms with Gasteiger partial charge in [0, 0.05) is 12.1 Å². The Morgan fingerprint density at radius 2 is 1.47 bits per heavy atom. The quantitative estimate of drug-likeness (QED) is 0.364. The predicted molar refractivity (Wildman–Crippen MR) is 152 cm³/mol. The molecule has 0 aliphatic rings. The summed E-state index contributed by atoms with van der Waals surface area (Å²) < 4.78 is 28.5. The molecule has 0 spiro atoms. The van der Waals surface area contributed by atoms with Crippen molar-refractivity contribution in [1.82, 2.24) is 10.2 Å². The third-order valence-electron chi connectivity index (χ3n) is 5.67. The van der Waals surface area contributed by atoms with E-state index in [9.17, 15) is 18.0 Å². The molecular weight excluding hydrogens is 545 g/mol. The van der Waals surface area contributed by atoms with Crippen LogP contribution in [0.5, 0.6) is 0 Å². The van der Waals surface area contributed by atoms with Crippen LogP contribution in [0.2, 0.25) is 10.0 Å². The molecule has 0 aliphatic carbocycles. The maximum Gasteiger partial charge on any atom is 0.264 e. The number of nitrogens with zero attached hydrogens (tertiary/aromatic N) is 2. The van der Waals surface area contributed by atoms with Gasteiger partial charge in [-0.3, -0.25) is 13.9 Å². The first-order valence-electron chi connectivity index (χ1n) is 12.0. The minimum Gasteiger partial charge on any atom is -0.350 e. The van der Waals surface area contributed by atoms with Gasteiger partial charge < -0.3 is 10.2 Å². The third kappa shape index (κ3) is 7.28. The normalized spacial score (nSPS) is 12.5. The molecular formula is C28H31Cl2N3O4S. The van der Waals surface area contributed by atoms with Crippen LogP contribution in [0.4, 0.5) is 5.69 Å². The van der Waals surface area contributed by atoms with Gasteiger partial charge in [-0.2, -0.15) is 0 Å². The van der Waals surface area contributed by atoms with Gasteiger partial charge in [-0.25, -0.2) is 8.42 Å². The van der Waals surface area contributed by atoms with Gasteiger partial charge in [0.15, 0.2) is 0 Å². The lowest BCUT2D eigenvalue weighted by molar-refractivity contribution is -0.140. The van der Waals surface area contributed by atoms with E-state index in [1.807, 2.05) is 51.1 Å². The van der Waals surface area contributed by atoms with Crippen molar-refractivity contribution >= 4 is 50.7 Å². The van der Waals surface area contributed by atoms with Crippen LogP contribution in [0.1, 0.15) is 33.3 Å².